The lowest BCUT2D eigenvalue weighted by molar-refractivity contribution is -0.122. The molecular formula is C16H25NO. The fourth-order valence-corrected chi connectivity index (χ4v) is 2.86. The van der Waals surface area contributed by atoms with Crippen molar-refractivity contribution in [3.05, 3.63) is 34.9 Å². The summed E-state index contributed by atoms with van der Waals surface area (Å²) in [5.41, 5.74) is 3.96. The second-order valence-electron chi connectivity index (χ2n) is 5.55. The predicted octanol–water partition coefficient (Wildman–Crippen LogP) is 3.52. The number of rotatable bonds is 3. The number of hydrogen-bond donors (Lipinski definition) is 1. The van der Waals surface area contributed by atoms with Gasteiger partial charge in [-0.05, 0) is 32.3 Å². The van der Waals surface area contributed by atoms with Crippen molar-refractivity contribution in [2.24, 2.45) is 0 Å². The molecule has 0 aliphatic carbocycles. The number of hydrogen-bond acceptors (Lipinski definition) is 2. The van der Waals surface area contributed by atoms with Crippen molar-refractivity contribution in [1.82, 2.24) is 5.32 Å². The van der Waals surface area contributed by atoms with Gasteiger partial charge in [0, 0.05) is 13.1 Å². The summed E-state index contributed by atoms with van der Waals surface area (Å²) in [6.45, 7) is 10.6. The van der Waals surface area contributed by atoms with Gasteiger partial charge in [0.1, 0.15) is 0 Å². The Kier molecular flexibility index (Phi) is 4.08. The van der Waals surface area contributed by atoms with E-state index in [1.54, 1.807) is 0 Å². The third-order valence-electron chi connectivity index (χ3n) is 4.07. The summed E-state index contributed by atoms with van der Waals surface area (Å²) in [7, 11) is 0. The summed E-state index contributed by atoms with van der Waals surface area (Å²) < 4.78 is 6.41. The molecule has 1 aromatic rings. The van der Waals surface area contributed by atoms with Gasteiger partial charge in [-0.25, -0.2) is 0 Å². The average Bonchev–Trinajstić information content (AvgIpc) is 2.37. The van der Waals surface area contributed by atoms with Gasteiger partial charge in [-0.1, -0.05) is 43.2 Å². The van der Waals surface area contributed by atoms with E-state index in [9.17, 15) is 0 Å². The van der Waals surface area contributed by atoms with E-state index < -0.39 is 0 Å². The van der Waals surface area contributed by atoms with Gasteiger partial charge in [0.25, 0.3) is 0 Å². The molecular weight excluding hydrogens is 222 g/mol. The molecule has 0 amide bonds. The summed E-state index contributed by atoms with van der Waals surface area (Å²) >= 11 is 0. The SMILES string of the molecule is CCC1(CC)CNCC(c2cc(C)cc(C)c2)O1. The van der Waals surface area contributed by atoms with Gasteiger partial charge in [-0.15, -0.1) is 0 Å². The van der Waals surface area contributed by atoms with E-state index in [1.807, 2.05) is 0 Å². The Morgan fingerprint density at radius 2 is 1.78 bits per heavy atom. The predicted molar refractivity (Wildman–Crippen MR) is 75.9 cm³/mol. The molecule has 2 heteroatoms. The van der Waals surface area contributed by atoms with Crippen LogP contribution >= 0.6 is 0 Å². The number of ether oxygens (including phenoxy) is 1. The molecule has 18 heavy (non-hydrogen) atoms. The minimum Gasteiger partial charge on any atom is -0.364 e. The molecule has 1 saturated heterocycles. The topological polar surface area (TPSA) is 21.3 Å². The first-order valence-electron chi connectivity index (χ1n) is 7.05. The smallest absolute Gasteiger partial charge is 0.0957 e. The van der Waals surface area contributed by atoms with E-state index >= 15 is 0 Å². The van der Waals surface area contributed by atoms with Crippen LogP contribution in [0.2, 0.25) is 0 Å². The fraction of sp³-hybridized carbons (Fsp3) is 0.625. The van der Waals surface area contributed by atoms with Crippen LogP contribution in [0.1, 0.15) is 49.5 Å². The molecule has 1 N–H and O–H groups in total. The van der Waals surface area contributed by atoms with Gasteiger partial charge in [0.05, 0.1) is 11.7 Å². The lowest BCUT2D eigenvalue weighted by Gasteiger charge is -2.41. The van der Waals surface area contributed by atoms with Crippen LogP contribution in [0.4, 0.5) is 0 Å². The third-order valence-corrected chi connectivity index (χ3v) is 4.07. The Bertz CT molecular complexity index is 389. The minimum absolute atomic E-state index is 0.0145. The Morgan fingerprint density at radius 3 is 2.33 bits per heavy atom. The molecule has 1 heterocycles. The lowest BCUT2D eigenvalue weighted by Crippen LogP contribution is -2.50. The zero-order chi connectivity index (χ0) is 13.2. The molecule has 2 rings (SSSR count). The van der Waals surface area contributed by atoms with Crippen LogP contribution < -0.4 is 5.32 Å². The van der Waals surface area contributed by atoms with Gasteiger partial charge in [0.2, 0.25) is 0 Å². The van der Waals surface area contributed by atoms with E-state index in [0.29, 0.717) is 0 Å². The third kappa shape index (κ3) is 2.76. The van der Waals surface area contributed by atoms with Crippen LogP contribution in [0.15, 0.2) is 18.2 Å². The van der Waals surface area contributed by atoms with Crippen molar-refractivity contribution in [2.75, 3.05) is 13.1 Å². The van der Waals surface area contributed by atoms with E-state index in [1.165, 1.54) is 16.7 Å². The molecule has 0 aromatic heterocycles. The zero-order valence-corrected chi connectivity index (χ0v) is 12.0. The van der Waals surface area contributed by atoms with Crippen LogP contribution in [-0.4, -0.2) is 18.7 Å². The molecule has 2 nitrogen and oxygen atoms in total. The van der Waals surface area contributed by atoms with Crippen molar-refractivity contribution in [3.8, 4) is 0 Å². The Hall–Kier alpha value is -0.860. The van der Waals surface area contributed by atoms with E-state index in [0.717, 1.165) is 25.9 Å². The Morgan fingerprint density at radius 1 is 1.17 bits per heavy atom. The van der Waals surface area contributed by atoms with Crippen LogP contribution in [-0.2, 0) is 4.74 Å². The van der Waals surface area contributed by atoms with Crippen molar-refractivity contribution < 1.29 is 4.74 Å². The number of aryl methyl sites for hydroxylation is 2. The first-order valence-corrected chi connectivity index (χ1v) is 7.05. The zero-order valence-electron chi connectivity index (χ0n) is 12.0. The summed E-state index contributed by atoms with van der Waals surface area (Å²) in [4.78, 5) is 0. The maximum absolute atomic E-state index is 6.41. The van der Waals surface area contributed by atoms with Crippen molar-refractivity contribution >= 4 is 0 Å². The molecule has 1 aliphatic rings. The van der Waals surface area contributed by atoms with Crippen molar-refractivity contribution in [3.63, 3.8) is 0 Å². The number of nitrogens with one attached hydrogen (secondary N) is 1. The van der Waals surface area contributed by atoms with Crippen LogP contribution in [0.3, 0.4) is 0 Å². The van der Waals surface area contributed by atoms with Gasteiger partial charge >= 0.3 is 0 Å². The molecule has 1 unspecified atom stereocenters. The maximum atomic E-state index is 6.41. The second kappa shape index (κ2) is 5.41. The molecule has 0 bridgehead atoms. The largest absolute Gasteiger partial charge is 0.364 e. The van der Waals surface area contributed by atoms with Crippen molar-refractivity contribution in [1.29, 1.82) is 0 Å². The minimum atomic E-state index is 0.0145. The molecule has 0 saturated carbocycles. The summed E-state index contributed by atoms with van der Waals surface area (Å²) in [6.07, 6.45) is 2.33. The summed E-state index contributed by atoms with van der Waals surface area (Å²) in [6, 6.07) is 6.72. The Labute approximate surface area is 111 Å². The monoisotopic (exact) mass is 247 g/mol. The number of benzene rings is 1. The summed E-state index contributed by atoms with van der Waals surface area (Å²) in [5, 5.41) is 3.54. The molecule has 0 spiro atoms. The van der Waals surface area contributed by atoms with Gasteiger partial charge < -0.3 is 10.1 Å². The molecule has 1 aromatic carbocycles. The molecule has 1 fully saturated rings. The Balaban J connectivity index is 2.22. The normalized spacial score (nSPS) is 23.0. The molecule has 1 atom stereocenters. The highest BCUT2D eigenvalue weighted by molar-refractivity contribution is 5.30. The molecule has 0 radical (unpaired) electrons. The lowest BCUT2D eigenvalue weighted by atomic mass is 9.93. The van der Waals surface area contributed by atoms with E-state index in [-0.39, 0.29) is 11.7 Å². The molecule has 1 aliphatic heterocycles. The van der Waals surface area contributed by atoms with Crippen LogP contribution in [0.25, 0.3) is 0 Å². The first-order chi connectivity index (χ1) is 8.58. The second-order valence-corrected chi connectivity index (χ2v) is 5.55. The first kappa shape index (κ1) is 13.6. The highest BCUT2D eigenvalue weighted by atomic mass is 16.5. The quantitative estimate of drug-likeness (QED) is 0.882. The van der Waals surface area contributed by atoms with E-state index in [2.05, 4.69) is 51.2 Å². The van der Waals surface area contributed by atoms with Crippen molar-refractivity contribution in [2.45, 2.75) is 52.2 Å². The van der Waals surface area contributed by atoms with Gasteiger partial charge in [-0.2, -0.15) is 0 Å². The van der Waals surface area contributed by atoms with Gasteiger partial charge in [0.15, 0.2) is 0 Å². The van der Waals surface area contributed by atoms with E-state index in [4.69, 9.17) is 4.74 Å². The average molecular weight is 247 g/mol. The van der Waals surface area contributed by atoms with Gasteiger partial charge in [-0.3, -0.25) is 0 Å². The number of morpholine rings is 1. The maximum Gasteiger partial charge on any atom is 0.0957 e. The fourth-order valence-electron chi connectivity index (χ4n) is 2.86. The van der Waals surface area contributed by atoms with Crippen LogP contribution in [0.5, 0.6) is 0 Å². The highest BCUT2D eigenvalue weighted by Gasteiger charge is 2.34. The standard InChI is InChI=1S/C16H25NO/c1-5-16(6-2)11-17-10-15(18-16)14-8-12(3)7-13(4)9-14/h7-9,15,17H,5-6,10-11H2,1-4H3. The summed E-state index contributed by atoms with van der Waals surface area (Å²) in [5.74, 6) is 0. The highest BCUT2D eigenvalue weighted by Crippen LogP contribution is 2.32. The molecule has 100 valence electrons. The van der Waals surface area contributed by atoms with Crippen LogP contribution in [0, 0.1) is 13.8 Å².